The van der Waals surface area contributed by atoms with E-state index in [2.05, 4.69) is 48.1 Å². The number of piperidine rings is 1. The van der Waals surface area contributed by atoms with Gasteiger partial charge in [0.05, 0.1) is 17.1 Å². The Morgan fingerprint density at radius 3 is 2.72 bits per heavy atom. The number of pyridine rings is 3. The average molecular weight is 428 g/mol. The molecule has 0 spiro atoms. The van der Waals surface area contributed by atoms with Crippen LogP contribution in [0.4, 0.5) is 4.39 Å². The molecule has 0 radical (unpaired) electrons. The van der Waals surface area contributed by atoms with E-state index in [1.807, 2.05) is 12.3 Å². The van der Waals surface area contributed by atoms with Gasteiger partial charge in [0.2, 0.25) is 0 Å². The number of imidazole rings is 1. The lowest BCUT2D eigenvalue weighted by atomic mass is 9.89. The lowest BCUT2D eigenvalue weighted by molar-refractivity contribution is 0.256. The third-order valence-electron chi connectivity index (χ3n) is 6.27. The number of rotatable bonds is 3. The van der Waals surface area contributed by atoms with Crippen molar-refractivity contribution in [1.82, 2.24) is 40.0 Å². The number of nitrogens with one attached hydrogen (secondary N) is 2. The number of halogens is 1. The van der Waals surface area contributed by atoms with Gasteiger partial charge in [0.15, 0.2) is 17.1 Å². The predicted octanol–water partition coefficient (Wildman–Crippen LogP) is 3.91. The van der Waals surface area contributed by atoms with E-state index in [1.54, 1.807) is 12.4 Å². The molecule has 6 heterocycles. The van der Waals surface area contributed by atoms with Crippen molar-refractivity contribution in [3.8, 4) is 22.6 Å². The molecule has 5 aromatic rings. The molecule has 1 fully saturated rings. The number of nitrogens with zero attached hydrogens (tertiary/aromatic N) is 6. The van der Waals surface area contributed by atoms with Gasteiger partial charge >= 0.3 is 0 Å². The highest BCUT2D eigenvalue weighted by atomic mass is 19.1. The van der Waals surface area contributed by atoms with Crippen LogP contribution in [0.5, 0.6) is 0 Å². The largest absolute Gasteiger partial charge is 0.335 e. The minimum Gasteiger partial charge on any atom is -0.335 e. The number of aromatic nitrogens is 7. The molecule has 0 bridgehead atoms. The summed E-state index contributed by atoms with van der Waals surface area (Å²) in [5.41, 5.74) is 5.63. The fourth-order valence-corrected chi connectivity index (χ4v) is 4.52. The van der Waals surface area contributed by atoms with Crippen molar-refractivity contribution in [1.29, 1.82) is 0 Å². The van der Waals surface area contributed by atoms with Gasteiger partial charge in [-0.1, -0.05) is 0 Å². The highest BCUT2D eigenvalue weighted by Crippen LogP contribution is 2.34. The minimum atomic E-state index is -0.389. The first-order valence-electron chi connectivity index (χ1n) is 10.6. The summed E-state index contributed by atoms with van der Waals surface area (Å²) in [4.78, 5) is 23.4. The van der Waals surface area contributed by atoms with Crippen LogP contribution in [0.1, 0.15) is 24.3 Å². The van der Waals surface area contributed by atoms with E-state index < -0.39 is 0 Å². The zero-order chi connectivity index (χ0) is 21.7. The maximum absolute atomic E-state index is 13.7. The Hall–Kier alpha value is -3.72. The summed E-state index contributed by atoms with van der Waals surface area (Å²) in [6, 6.07) is 5.46. The van der Waals surface area contributed by atoms with Crippen LogP contribution in [0, 0.1) is 5.82 Å². The molecule has 0 atom stereocenters. The zero-order valence-electron chi connectivity index (χ0n) is 17.5. The Morgan fingerprint density at radius 1 is 1.03 bits per heavy atom. The molecular weight excluding hydrogens is 407 g/mol. The molecule has 8 nitrogen and oxygen atoms in total. The van der Waals surface area contributed by atoms with Crippen LogP contribution in [-0.4, -0.2) is 60.2 Å². The van der Waals surface area contributed by atoms with Crippen molar-refractivity contribution in [3.05, 3.63) is 54.4 Å². The summed E-state index contributed by atoms with van der Waals surface area (Å²) in [6.07, 6.45) is 8.54. The number of aromatic amines is 2. The summed E-state index contributed by atoms with van der Waals surface area (Å²) in [5.74, 6) is 0.753. The van der Waals surface area contributed by atoms with Gasteiger partial charge in [-0.05, 0) is 62.7 Å². The van der Waals surface area contributed by atoms with Crippen molar-refractivity contribution in [3.63, 3.8) is 0 Å². The molecule has 9 heteroatoms. The third-order valence-corrected chi connectivity index (χ3v) is 6.27. The van der Waals surface area contributed by atoms with Crippen LogP contribution in [0.25, 0.3) is 44.8 Å². The third kappa shape index (κ3) is 3.21. The van der Waals surface area contributed by atoms with Crippen molar-refractivity contribution < 1.29 is 4.39 Å². The molecule has 0 aromatic carbocycles. The lowest BCUT2D eigenvalue weighted by Gasteiger charge is -2.29. The predicted molar refractivity (Wildman–Crippen MR) is 119 cm³/mol. The molecule has 2 N–H and O–H groups in total. The summed E-state index contributed by atoms with van der Waals surface area (Å²) in [5, 5.41) is 8.18. The fraction of sp³-hybridized carbons (Fsp3) is 0.261. The van der Waals surface area contributed by atoms with Gasteiger partial charge in [0, 0.05) is 29.7 Å². The Bertz CT molecular complexity index is 1430. The number of hydrogen-bond acceptors (Lipinski definition) is 6. The fourth-order valence-electron chi connectivity index (χ4n) is 4.52. The molecular formula is C23H21FN8. The first kappa shape index (κ1) is 19.0. The highest BCUT2D eigenvalue weighted by Gasteiger charge is 2.23. The second-order valence-corrected chi connectivity index (χ2v) is 8.35. The van der Waals surface area contributed by atoms with E-state index in [-0.39, 0.29) is 5.82 Å². The molecule has 0 saturated carbocycles. The summed E-state index contributed by atoms with van der Waals surface area (Å²) in [6.45, 7) is 2.17. The van der Waals surface area contributed by atoms with Crippen LogP contribution >= 0.6 is 0 Å². The second-order valence-electron chi connectivity index (χ2n) is 8.35. The summed E-state index contributed by atoms with van der Waals surface area (Å²) >= 11 is 0. The molecule has 1 aliphatic heterocycles. The van der Waals surface area contributed by atoms with Crippen LogP contribution in [0.15, 0.2) is 43.0 Å². The molecule has 160 valence electrons. The standard InChI is InChI=1S/C23H21FN8/c1-32-6-3-13(4-7-32)17-2-5-26-22-19(17)28-23(29-22)20-18-9-15(11-27-21(18)31-30-20)14-8-16(24)12-25-10-14/h2,5,8-13H,3-4,6-7H2,1H3,(H,26,28,29)(H,27,30,31). The monoisotopic (exact) mass is 428 g/mol. The van der Waals surface area contributed by atoms with Crippen LogP contribution in [0.3, 0.4) is 0 Å². The average Bonchev–Trinajstić information content (AvgIpc) is 3.43. The Morgan fingerprint density at radius 2 is 1.88 bits per heavy atom. The minimum absolute atomic E-state index is 0.389. The van der Waals surface area contributed by atoms with E-state index in [1.165, 1.54) is 17.8 Å². The molecule has 0 amide bonds. The van der Waals surface area contributed by atoms with Crippen molar-refractivity contribution in [2.24, 2.45) is 0 Å². The van der Waals surface area contributed by atoms with Gasteiger partial charge < -0.3 is 9.88 Å². The molecule has 0 aliphatic carbocycles. The van der Waals surface area contributed by atoms with Gasteiger partial charge in [-0.3, -0.25) is 10.1 Å². The van der Waals surface area contributed by atoms with Gasteiger partial charge in [-0.15, -0.1) is 0 Å². The first-order chi connectivity index (χ1) is 15.7. The van der Waals surface area contributed by atoms with Crippen LogP contribution in [0.2, 0.25) is 0 Å². The summed E-state index contributed by atoms with van der Waals surface area (Å²) in [7, 11) is 2.16. The smallest absolute Gasteiger partial charge is 0.181 e. The maximum Gasteiger partial charge on any atom is 0.181 e. The SMILES string of the molecule is CN1CCC(c2ccnc3nc(-c4[nH]nc5ncc(-c6cncc(F)c6)cc45)[nH]c23)CC1. The molecule has 6 rings (SSSR count). The van der Waals surface area contributed by atoms with Crippen molar-refractivity contribution in [2.75, 3.05) is 20.1 Å². The molecule has 1 aliphatic rings. The topological polar surface area (TPSA) is 99.3 Å². The van der Waals surface area contributed by atoms with E-state index >= 15 is 0 Å². The highest BCUT2D eigenvalue weighted by molar-refractivity contribution is 5.93. The van der Waals surface area contributed by atoms with E-state index in [0.717, 1.165) is 48.1 Å². The van der Waals surface area contributed by atoms with Crippen LogP contribution in [-0.2, 0) is 0 Å². The summed E-state index contributed by atoms with van der Waals surface area (Å²) < 4.78 is 13.7. The van der Waals surface area contributed by atoms with Gasteiger partial charge in [0.25, 0.3) is 0 Å². The second kappa shape index (κ2) is 7.45. The van der Waals surface area contributed by atoms with E-state index in [0.29, 0.717) is 28.6 Å². The van der Waals surface area contributed by atoms with Crippen LogP contribution < -0.4 is 0 Å². The van der Waals surface area contributed by atoms with Crippen molar-refractivity contribution in [2.45, 2.75) is 18.8 Å². The number of hydrogen-bond donors (Lipinski definition) is 2. The molecule has 1 saturated heterocycles. The molecule has 5 aromatic heterocycles. The van der Waals surface area contributed by atoms with E-state index in [9.17, 15) is 4.39 Å². The Kier molecular flexibility index (Phi) is 4.43. The van der Waals surface area contributed by atoms with Crippen molar-refractivity contribution >= 4 is 22.2 Å². The van der Waals surface area contributed by atoms with Gasteiger partial charge in [0.1, 0.15) is 11.5 Å². The molecule has 32 heavy (non-hydrogen) atoms. The quantitative estimate of drug-likeness (QED) is 0.452. The number of likely N-dealkylation sites (tertiary alicyclic amines) is 1. The lowest BCUT2D eigenvalue weighted by Crippen LogP contribution is -2.29. The Labute approximate surface area is 183 Å². The molecule has 0 unspecified atom stereocenters. The van der Waals surface area contributed by atoms with Gasteiger partial charge in [-0.2, -0.15) is 5.10 Å². The van der Waals surface area contributed by atoms with E-state index in [4.69, 9.17) is 4.98 Å². The number of fused-ring (bicyclic) bond motifs is 2. The van der Waals surface area contributed by atoms with Gasteiger partial charge in [-0.25, -0.2) is 19.3 Å². The maximum atomic E-state index is 13.7. The first-order valence-corrected chi connectivity index (χ1v) is 10.6. The number of H-pyrrole nitrogens is 2. The zero-order valence-corrected chi connectivity index (χ0v) is 17.5. The normalized spacial score (nSPS) is 15.7. The Balaban J connectivity index is 1.44.